The molecule has 1 aliphatic rings. The summed E-state index contributed by atoms with van der Waals surface area (Å²) >= 11 is 0. The highest BCUT2D eigenvalue weighted by Gasteiger charge is 2.22. The van der Waals surface area contributed by atoms with E-state index in [1.165, 1.54) is 0 Å². The molecule has 0 aromatic carbocycles. The van der Waals surface area contributed by atoms with Gasteiger partial charge in [-0.05, 0) is 25.2 Å². The minimum atomic E-state index is -0.935. The quantitative estimate of drug-likeness (QED) is 0.671. The van der Waals surface area contributed by atoms with Gasteiger partial charge in [0.2, 0.25) is 5.91 Å². The summed E-state index contributed by atoms with van der Waals surface area (Å²) in [5.41, 5.74) is 0. The third-order valence-electron chi connectivity index (χ3n) is 3.71. The van der Waals surface area contributed by atoms with Gasteiger partial charge in [-0.3, -0.25) is 9.59 Å². The average molecular weight is 299 g/mol. The number of rotatable bonds is 6. The Labute approximate surface area is 125 Å². The third kappa shape index (κ3) is 6.01. The van der Waals surface area contributed by atoms with E-state index >= 15 is 0 Å². The van der Waals surface area contributed by atoms with Crippen molar-refractivity contribution in [3.63, 3.8) is 0 Å². The lowest BCUT2D eigenvalue weighted by Gasteiger charge is -2.26. The first-order valence-electron chi connectivity index (χ1n) is 7.44. The molecule has 120 valence electrons. The fourth-order valence-corrected chi connectivity index (χ4v) is 2.28. The van der Waals surface area contributed by atoms with Gasteiger partial charge in [-0.1, -0.05) is 13.8 Å². The largest absolute Gasteiger partial charge is 0.481 e. The number of hydrogen-bond donors (Lipinski definition) is 3. The molecule has 3 N–H and O–H groups in total. The van der Waals surface area contributed by atoms with E-state index in [0.717, 1.165) is 32.4 Å². The summed E-state index contributed by atoms with van der Waals surface area (Å²) in [6.45, 7) is 5.08. The molecule has 7 nitrogen and oxygen atoms in total. The van der Waals surface area contributed by atoms with E-state index in [1.54, 1.807) is 18.7 Å². The molecule has 7 heteroatoms. The van der Waals surface area contributed by atoms with Crippen LogP contribution < -0.4 is 10.6 Å². The van der Waals surface area contributed by atoms with Crippen LogP contribution in [0.15, 0.2) is 0 Å². The number of urea groups is 1. The number of nitrogens with one attached hydrogen (secondary N) is 2. The molecular weight excluding hydrogens is 274 g/mol. The van der Waals surface area contributed by atoms with Crippen LogP contribution in [0.4, 0.5) is 4.79 Å². The van der Waals surface area contributed by atoms with Crippen LogP contribution in [0.2, 0.25) is 0 Å². The van der Waals surface area contributed by atoms with Crippen LogP contribution in [-0.4, -0.2) is 54.1 Å². The molecule has 1 rings (SSSR count). The van der Waals surface area contributed by atoms with Crippen molar-refractivity contribution in [1.29, 1.82) is 0 Å². The molecule has 1 saturated heterocycles. The van der Waals surface area contributed by atoms with E-state index in [2.05, 4.69) is 10.6 Å². The highest BCUT2D eigenvalue weighted by atomic mass is 16.4. The van der Waals surface area contributed by atoms with Crippen LogP contribution in [0.1, 0.15) is 33.1 Å². The zero-order chi connectivity index (χ0) is 15.8. The molecule has 0 aliphatic carbocycles. The van der Waals surface area contributed by atoms with Crippen molar-refractivity contribution in [2.45, 2.75) is 33.1 Å². The lowest BCUT2D eigenvalue weighted by atomic mass is 9.96. The summed E-state index contributed by atoms with van der Waals surface area (Å²) in [4.78, 5) is 36.2. The van der Waals surface area contributed by atoms with Crippen LogP contribution >= 0.6 is 0 Å². The van der Waals surface area contributed by atoms with E-state index < -0.39 is 17.9 Å². The van der Waals surface area contributed by atoms with Gasteiger partial charge >= 0.3 is 12.0 Å². The molecule has 1 atom stereocenters. The van der Waals surface area contributed by atoms with E-state index in [4.69, 9.17) is 5.11 Å². The summed E-state index contributed by atoms with van der Waals surface area (Å²) in [6, 6.07) is -0.507. The number of carboxylic acid groups (broad SMARTS) is 1. The maximum atomic E-state index is 11.8. The molecule has 1 aliphatic heterocycles. The molecule has 21 heavy (non-hydrogen) atoms. The predicted octanol–water partition coefficient (Wildman–Crippen LogP) is 0.655. The van der Waals surface area contributed by atoms with Crippen molar-refractivity contribution in [3.05, 3.63) is 0 Å². The summed E-state index contributed by atoms with van der Waals surface area (Å²) in [5, 5.41) is 14.0. The molecule has 1 unspecified atom stereocenters. The molecule has 0 bridgehead atoms. The Morgan fingerprint density at radius 3 is 2.24 bits per heavy atom. The molecule has 1 fully saturated rings. The van der Waals surface area contributed by atoms with Crippen LogP contribution in [0, 0.1) is 11.8 Å². The van der Waals surface area contributed by atoms with Crippen molar-refractivity contribution >= 4 is 17.9 Å². The molecule has 3 amide bonds. The van der Waals surface area contributed by atoms with Gasteiger partial charge in [-0.2, -0.15) is 0 Å². The summed E-state index contributed by atoms with van der Waals surface area (Å²) < 4.78 is 0. The second-order valence-electron chi connectivity index (χ2n) is 5.69. The highest BCUT2D eigenvalue weighted by molar-refractivity contribution is 5.84. The SMILES string of the molecule is CC(C)C(CNC(=O)NCC(=O)N1CCCCC1)C(=O)O. The summed E-state index contributed by atoms with van der Waals surface area (Å²) in [5.74, 6) is -1.73. The Kier molecular flexibility index (Phi) is 6.98. The van der Waals surface area contributed by atoms with Crippen LogP contribution in [0.25, 0.3) is 0 Å². The average Bonchev–Trinajstić information content (AvgIpc) is 2.45. The maximum absolute atomic E-state index is 11.8. The van der Waals surface area contributed by atoms with E-state index in [1.807, 2.05) is 0 Å². The normalized spacial score (nSPS) is 16.4. The van der Waals surface area contributed by atoms with E-state index in [-0.39, 0.29) is 24.9 Å². The van der Waals surface area contributed by atoms with Gasteiger partial charge in [0.05, 0.1) is 12.5 Å². The second-order valence-corrected chi connectivity index (χ2v) is 5.69. The van der Waals surface area contributed by atoms with Crippen molar-refractivity contribution in [2.75, 3.05) is 26.2 Å². The zero-order valence-corrected chi connectivity index (χ0v) is 12.7. The Hall–Kier alpha value is -1.79. The van der Waals surface area contributed by atoms with Crippen molar-refractivity contribution < 1.29 is 19.5 Å². The summed E-state index contributed by atoms with van der Waals surface area (Å²) in [7, 11) is 0. The van der Waals surface area contributed by atoms with Crippen molar-refractivity contribution in [2.24, 2.45) is 11.8 Å². The number of likely N-dealkylation sites (tertiary alicyclic amines) is 1. The first-order valence-corrected chi connectivity index (χ1v) is 7.44. The smallest absolute Gasteiger partial charge is 0.315 e. The van der Waals surface area contributed by atoms with Gasteiger partial charge < -0.3 is 20.6 Å². The van der Waals surface area contributed by atoms with Crippen molar-refractivity contribution in [1.82, 2.24) is 15.5 Å². The molecular formula is C14H25N3O4. The van der Waals surface area contributed by atoms with Crippen LogP contribution in [0.5, 0.6) is 0 Å². The van der Waals surface area contributed by atoms with Gasteiger partial charge in [-0.25, -0.2) is 4.79 Å². The number of carboxylic acids is 1. The van der Waals surface area contributed by atoms with Gasteiger partial charge in [0.1, 0.15) is 0 Å². The molecule has 0 radical (unpaired) electrons. The predicted molar refractivity (Wildman–Crippen MR) is 77.8 cm³/mol. The lowest BCUT2D eigenvalue weighted by molar-refractivity contribution is -0.143. The third-order valence-corrected chi connectivity index (χ3v) is 3.71. The minimum absolute atomic E-state index is 0.0503. The standard InChI is InChI=1S/C14H25N3O4/c1-10(2)11(13(19)20)8-15-14(21)16-9-12(18)17-6-4-3-5-7-17/h10-11H,3-9H2,1-2H3,(H,19,20)(H2,15,16,21). The van der Waals surface area contributed by atoms with Gasteiger partial charge in [0, 0.05) is 19.6 Å². The maximum Gasteiger partial charge on any atom is 0.315 e. The molecule has 0 saturated carbocycles. The minimum Gasteiger partial charge on any atom is -0.481 e. The van der Waals surface area contributed by atoms with Gasteiger partial charge in [0.25, 0.3) is 0 Å². The number of piperidine rings is 1. The highest BCUT2D eigenvalue weighted by Crippen LogP contribution is 2.09. The summed E-state index contributed by atoms with van der Waals surface area (Å²) in [6.07, 6.45) is 3.16. The Morgan fingerprint density at radius 1 is 1.10 bits per heavy atom. The number of nitrogens with zero attached hydrogens (tertiary/aromatic N) is 1. The van der Waals surface area contributed by atoms with Gasteiger partial charge in [0.15, 0.2) is 0 Å². The van der Waals surface area contributed by atoms with Gasteiger partial charge in [-0.15, -0.1) is 0 Å². The Bertz CT molecular complexity index is 378. The zero-order valence-electron chi connectivity index (χ0n) is 12.7. The molecule has 1 heterocycles. The molecule has 0 spiro atoms. The van der Waals surface area contributed by atoms with Crippen molar-refractivity contribution in [3.8, 4) is 0 Å². The molecule has 0 aromatic heterocycles. The fourth-order valence-electron chi connectivity index (χ4n) is 2.28. The fraction of sp³-hybridized carbons (Fsp3) is 0.786. The Balaban J connectivity index is 2.27. The van der Waals surface area contributed by atoms with E-state index in [0.29, 0.717) is 0 Å². The first kappa shape index (κ1) is 17.3. The number of hydrogen-bond acceptors (Lipinski definition) is 3. The number of aliphatic carboxylic acids is 1. The number of amides is 3. The van der Waals surface area contributed by atoms with Crippen LogP contribution in [-0.2, 0) is 9.59 Å². The second kappa shape index (κ2) is 8.49. The topological polar surface area (TPSA) is 98.7 Å². The lowest BCUT2D eigenvalue weighted by Crippen LogP contribution is -2.46. The molecule has 0 aromatic rings. The first-order chi connectivity index (χ1) is 9.91. The van der Waals surface area contributed by atoms with Crippen LogP contribution in [0.3, 0.4) is 0 Å². The monoisotopic (exact) mass is 299 g/mol. The Morgan fingerprint density at radius 2 is 1.71 bits per heavy atom. The number of carbonyl (C=O) groups excluding carboxylic acids is 2. The number of carbonyl (C=O) groups is 3. The van der Waals surface area contributed by atoms with E-state index in [9.17, 15) is 14.4 Å².